The van der Waals surface area contributed by atoms with E-state index in [1.165, 1.54) is 54.6 Å². The average molecular weight is 951 g/mol. The fourth-order valence-corrected chi connectivity index (χ4v) is 6.92. The molecule has 4 amide bonds. The van der Waals surface area contributed by atoms with Crippen molar-refractivity contribution in [3.8, 4) is 0 Å². The van der Waals surface area contributed by atoms with Crippen molar-refractivity contribution in [3.05, 3.63) is 141 Å². The molecule has 0 fully saturated rings. The van der Waals surface area contributed by atoms with E-state index in [1.807, 2.05) is 0 Å². The molecular weight excluding hydrogens is 914 g/mol. The van der Waals surface area contributed by atoms with Gasteiger partial charge in [0.25, 0.3) is 23.6 Å². The fourth-order valence-electron chi connectivity index (χ4n) is 5.81. The highest BCUT2D eigenvalue weighted by molar-refractivity contribution is 6.32. The number of Topliss-reactive ketones (excluding diaryl/α,β-unsaturated/α-hetero) is 2. The SMILES string of the molecule is CC(=O)C(N=Nc1cc(Cl)cc(C(=O)Nc2ccccc2CCl)c1)C(=O)Nc1ccc(NC(=O)C(N=Nc2cc(Cl)cc(C(=O)Nc3ccccc3CCl)c2)C(C)=O)c(C(C)Cl)c1. The molecule has 5 aromatic carbocycles. The summed E-state index contributed by atoms with van der Waals surface area (Å²) >= 11 is 31.1. The van der Waals surface area contributed by atoms with E-state index in [1.54, 1.807) is 55.5 Å². The molecule has 0 aliphatic carbocycles. The second kappa shape index (κ2) is 22.4. The summed E-state index contributed by atoms with van der Waals surface area (Å²) in [7, 11) is 0. The number of anilines is 4. The summed E-state index contributed by atoms with van der Waals surface area (Å²) < 4.78 is 0. The van der Waals surface area contributed by atoms with Gasteiger partial charge in [-0.1, -0.05) is 59.6 Å². The van der Waals surface area contributed by atoms with Crippen molar-refractivity contribution in [2.24, 2.45) is 20.5 Å². The van der Waals surface area contributed by atoms with Crippen LogP contribution < -0.4 is 21.3 Å². The zero-order chi connectivity index (χ0) is 45.8. The lowest BCUT2D eigenvalue weighted by Crippen LogP contribution is -2.32. The van der Waals surface area contributed by atoms with E-state index in [-0.39, 0.29) is 55.7 Å². The molecule has 0 bridgehead atoms. The highest BCUT2D eigenvalue weighted by atomic mass is 35.5. The number of hydrogen-bond acceptors (Lipinski definition) is 10. The Morgan fingerprint density at radius 3 is 1.43 bits per heavy atom. The summed E-state index contributed by atoms with van der Waals surface area (Å²) in [4.78, 5) is 78.3. The second-order valence-corrected chi connectivity index (χ2v) is 15.8. The van der Waals surface area contributed by atoms with Crippen molar-refractivity contribution in [1.29, 1.82) is 0 Å². The van der Waals surface area contributed by atoms with Crippen molar-refractivity contribution in [1.82, 2.24) is 0 Å². The van der Waals surface area contributed by atoms with Crippen molar-refractivity contribution in [3.63, 3.8) is 0 Å². The lowest BCUT2D eigenvalue weighted by molar-refractivity contribution is -0.127. The first-order valence-corrected chi connectivity index (χ1v) is 21.1. The highest BCUT2D eigenvalue weighted by Gasteiger charge is 2.27. The third kappa shape index (κ3) is 13.2. The number of azo groups is 2. The molecule has 0 aliphatic heterocycles. The van der Waals surface area contributed by atoms with Crippen molar-refractivity contribution < 1.29 is 28.8 Å². The molecule has 4 N–H and O–H groups in total. The van der Waals surface area contributed by atoms with Crippen LogP contribution in [0, 0.1) is 0 Å². The monoisotopic (exact) mass is 948 g/mol. The minimum Gasteiger partial charge on any atom is -0.324 e. The molecule has 3 unspecified atom stereocenters. The highest BCUT2D eigenvalue weighted by Crippen LogP contribution is 2.32. The first kappa shape index (κ1) is 48.0. The minimum atomic E-state index is -1.62. The van der Waals surface area contributed by atoms with Gasteiger partial charge in [0.1, 0.15) is 0 Å². The lowest BCUT2D eigenvalue weighted by atomic mass is 10.1. The Morgan fingerprint density at radius 2 is 1.00 bits per heavy atom. The molecule has 0 spiro atoms. The van der Waals surface area contributed by atoms with E-state index in [0.717, 1.165) is 13.8 Å². The van der Waals surface area contributed by atoms with Crippen LogP contribution in [0.3, 0.4) is 0 Å². The number of carbonyl (C=O) groups is 6. The number of amides is 4. The minimum absolute atomic E-state index is 0.0981. The smallest absolute Gasteiger partial charge is 0.258 e. The molecule has 0 saturated carbocycles. The van der Waals surface area contributed by atoms with Gasteiger partial charge < -0.3 is 21.3 Å². The summed E-state index contributed by atoms with van der Waals surface area (Å²) in [5.74, 6) is -3.63. The third-order valence-corrected chi connectivity index (χ3v) is 10.2. The Kier molecular flexibility index (Phi) is 17.0. The fraction of sp³-hybridized carbons (Fsp3) is 0.182. The Bertz CT molecular complexity index is 2640. The van der Waals surface area contributed by atoms with Crippen LogP contribution >= 0.6 is 58.0 Å². The van der Waals surface area contributed by atoms with Gasteiger partial charge in [-0.05, 0) is 104 Å². The van der Waals surface area contributed by atoms with Crippen molar-refractivity contribution in [2.75, 3.05) is 21.3 Å². The Morgan fingerprint density at radius 1 is 0.556 bits per heavy atom. The normalized spacial score (nSPS) is 12.6. The van der Waals surface area contributed by atoms with E-state index >= 15 is 0 Å². The van der Waals surface area contributed by atoms with E-state index in [0.29, 0.717) is 28.1 Å². The number of alkyl halides is 3. The molecule has 5 aromatic rings. The van der Waals surface area contributed by atoms with Gasteiger partial charge in [-0.25, -0.2) is 0 Å². The molecule has 19 heteroatoms. The van der Waals surface area contributed by atoms with Crippen LogP contribution in [0.2, 0.25) is 10.0 Å². The van der Waals surface area contributed by atoms with Gasteiger partial charge in [0.05, 0.1) is 16.8 Å². The molecule has 3 atom stereocenters. The van der Waals surface area contributed by atoms with Crippen LogP contribution in [0.5, 0.6) is 0 Å². The predicted molar refractivity (Wildman–Crippen MR) is 247 cm³/mol. The second-order valence-electron chi connectivity index (χ2n) is 13.7. The molecule has 0 aliphatic rings. The molecule has 0 saturated heterocycles. The van der Waals surface area contributed by atoms with Crippen LogP contribution in [0.25, 0.3) is 0 Å². The predicted octanol–water partition coefficient (Wildman–Crippen LogP) is 11.6. The number of ketones is 2. The lowest BCUT2D eigenvalue weighted by Gasteiger charge is -2.17. The number of halogens is 5. The quantitative estimate of drug-likeness (QED) is 0.0406. The van der Waals surface area contributed by atoms with Gasteiger partial charge in [0.2, 0.25) is 12.1 Å². The van der Waals surface area contributed by atoms with Gasteiger partial charge in [0.15, 0.2) is 11.6 Å². The maximum atomic E-state index is 13.5. The molecular formula is C44H37Cl5N8O6. The topological polar surface area (TPSA) is 200 Å². The van der Waals surface area contributed by atoms with Crippen molar-refractivity contribution >= 4 is 127 Å². The summed E-state index contributed by atoms with van der Waals surface area (Å²) in [6.07, 6.45) is 0. The van der Waals surface area contributed by atoms with Gasteiger partial charge in [0, 0.05) is 55.7 Å². The molecule has 63 heavy (non-hydrogen) atoms. The van der Waals surface area contributed by atoms with E-state index < -0.39 is 52.7 Å². The van der Waals surface area contributed by atoms with Crippen LogP contribution in [0.4, 0.5) is 34.1 Å². The Balaban J connectivity index is 1.28. The zero-order valence-electron chi connectivity index (χ0n) is 33.6. The van der Waals surface area contributed by atoms with Gasteiger partial charge >= 0.3 is 0 Å². The van der Waals surface area contributed by atoms with E-state index in [2.05, 4.69) is 41.7 Å². The van der Waals surface area contributed by atoms with Crippen LogP contribution in [-0.4, -0.2) is 47.3 Å². The van der Waals surface area contributed by atoms with Gasteiger partial charge in [-0.2, -0.15) is 20.5 Å². The maximum absolute atomic E-state index is 13.5. The molecule has 5 rings (SSSR count). The van der Waals surface area contributed by atoms with Crippen LogP contribution in [-0.2, 0) is 30.9 Å². The first-order chi connectivity index (χ1) is 30.1. The summed E-state index contributed by atoms with van der Waals surface area (Å²) in [6, 6.07) is 23.6. The van der Waals surface area contributed by atoms with E-state index in [4.69, 9.17) is 58.0 Å². The maximum Gasteiger partial charge on any atom is 0.258 e. The van der Waals surface area contributed by atoms with E-state index in [9.17, 15) is 28.8 Å². The number of nitrogens with zero attached hydrogens (tertiary/aromatic N) is 4. The number of carbonyl (C=O) groups excluding carboxylic acids is 6. The standard InChI is InChI=1S/C44H37Cl5N8O6/c1-23(47)35-20-32(50-43(62)39(24(2)58)56-54-33-16-28(14-30(48)18-33)41(60)51-36-10-6-4-8-26(36)21-45)12-13-38(35)53-44(63)40(25(3)59)57-55-34-17-29(15-31(49)19-34)42(61)52-37-11-7-5-9-27(37)22-46/h4-20,23,39-40H,21-22H2,1-3H3,(H,50,62)(H,51,60)(H,52,61)(H,53,63). The summed E-state index contributed by atoms with van der Waals surface area (Å²) in [6.45, 7) is 3.94. The molecule has 0 heterocycles. The van der Waals surface area contributed by atoms with Gasteiger partial charge in [-0.15, -0.1) is 34.8 Å². The molecule has 0 radical (unpaired) electrons. The number of hydrogen-bond donors (Lipinski definition) is 4. The number of rotatable bonds is 17. The molecule has 14 nitrogen and oxygen atoms in total. The van der Waals surface area contributed by atoms with Gasteiger partial charge in [-0.3, -0.25) is 28.8 Å². The third-order valence-electron chi connectivity index (χ3n) is 8.96. The van der Waals surface area contributed by atoms with Crippen LogP contribution in [0.15, 0.2) is 124 Å². The zero-order valence-corrected chi connectivity index (χ0v) is 37.4. The number of para-hydroxylation sites is 2. The number of benzene rings is 5. The Labute approximate surface area is 386 Å². The largest absolute Gasteiger partial charge is 0.324 e. The number of nitrogens with one attached hydrogen (secondary N) is 4. The van der Waals surface area contributed by atoms with Crippen molar-refractivity contribution in [2.45, 2.75) is 50.0 Å². The average Bonchev–Trinajstić information content (AvgIpc) is 3.24. The summed E-state index contributed by atoms with van der Waals surface area (Å²) in [5, 5.41) is 26.4. The Hall–Kier alpha value is -6.03. The molecule has 0 aromatic heterocycles. The summed E-state index contributed by atoms with van der Waals surface area (Å²) in [5.41, 5.74) is 3.63. The first-order valence-electron chi connectivity index (χ1n) is 18.8. The van der Waals surface area contributed by atoms with Crippen LogP contribution in [0.1, 0.15) is 63.6 Å². The molecule has 324 valence electrons.